The third-order valence-electron chi connectivity index (χ3n) is 6.17. The number of hydrogen-bond acceptors (Lipinski definition) is 4. The summed E-state index contributed by atoms with van der Waals surface area (Å²) in [5.41, 5.74) is 1.90. The fourth-order valence-corrected chi connectivity index (χ4v) is 4.73. The summed E-state index contributed by atoms with van der Waals surface area (Å²) in [4.78, 5) is 39.4. The molecule has 0 aliphatic carbocycles. The Morgan fingerprint density at radius 2 is 1.47 bits per heavy atom. The van der Waals surface area contributed by atoms with Gasteiger partial charge in [-0.05, 0) is 80.1 Å². The molecule has 0 bridgehead atoms. The predicted molar refractivity (Wildman–Crippen MR) is 164 cm³/mol. The fourth-order valence-electron chi connectivity index (χ4n) is 3.86. The van der Waals surface area contributed by atoms with Crippen LogP contribution in [0.25, 0.3) is 6.08 Å². The third kappa shape index (κ3) is 9.08. The molecule has 1 unspecified atom stereocenters. The fraction of sp³-hybridized carbons (Fsp3) is 0.121. The van der Waals surface area contributed by atoms with Gasteiger partial charge < -0.3 is 16.0 Å². The Kier molecular flexibility index (Phi) is 10.0. The average Bonchev–Trinajstić information content (AvgIpc) is 2.99. The Hall–Kier alpha value is -4.83. The first-order valence-electron chi connectivity index (χ1n) is 13.2. The number of rotatable bonds is 9. The molecule has 0 saturated heterocycles. The van der Waals surface area contributed by atoms with Crippen LogP contribution in [0, 0.1) is 6.92 Å². The highest BCUT2D eigenvalue weighted by molar-refractivity contribution is 8.00. The largest absolute Gasteiger partial charge is 0.416 e. The molecule has 220 valence electrons. The molecular weight excluding hydrogens is 575 g/mol. The molecule has 0 heterocycles. The highest BCUT2D eigenvalue weighted by Crippen LogP contribution is 2.31. The molecule has 10 heteroatoms. The molecule has 0 radical (unpaired) electrons. The summed E-state index contributed by atoms with van der Waals surface area (Å²) in [6, 6.07) is 27.2. The molecule has 0 aliphatic heterocycles. The smallest absolute Gasteiger partial charge is 0.325 e. The quantitative estimate of drug-likeness (QED) is 0.136. The van der Waals surface area contributed by atoms with Crippen molar-refractivity contribution in [2.45, 2.75) is 30.2 Å². The van der Waals surface area contributed by atoms with Crippen molar-refractivity contribution in [2.24, 2.45) is 0 Å². The zero-order valence-corrected chi connectivity index (χ0v) is 24.1. The van der Waals surface area contributed by atoms with Crippen LogP contribution in [-0.2, 0) is 15.8 Å². The minimum atomic E-state index is -4.51. The van der Waals surface area contributed by atoms with E-state index in [2.05, 4.69) is 16.0 Å². The van der Waals surface area contributed by atoms with Crippen molar-refractivity contribution in [3.63, 3.8) is 0 Å². The average molecular weight is 604 g/mol. The van der Waals surface area contributed by atoms with Crippen LogP contribution in [0.15, 0.2) is 114 Å². The molecule has 4 rings (SSSR count). The standard InChI is InChI=1S/C33H28F3N3O3S/c1-21-11-13-23(14-12-21)19-29(39-31(41)24-7-4-3-5-8-24)32(42)37-26-15-17-28(18-16-26)43-22(2)30(40)38-27-10-6-9-25(20-27)33(34,35)36/h3-20,22H,1-2H3,(H,37,42)(H,38,40)(H,39,41)/b29-19-. The van der Waals surface area contributed by atoms with Crippen LogP contribution in [0.5, 0.6) is 0 Å². The van der Waals surface area contributed by atoms with Gasteiger partial charge in [0.1, 0.15) is 5.70 Å². The Balaban J connectivity index is 1.41. The second kappa shape index (κ2) is 13.9. The number of nitrogens with one attached hydrogen (secondary N) is 3. The molecular formula is C33H28F3N3O3S. The summed E-state index contributed by atoms with van der Waals surface area (Å²) in [5.74, 6) is -1.42. The second-order valence-electron chi connectivity index (χ2n) is 9.60. The highest BCUT2D eigenvalue weighted by Gasteiger charge is 2.30. The highest BCUT2D eigenvalue weighted by atomic mass is 32.2. The Morgan fingerprint density at radius 1 is 0.791 bits per heavy atom. The summed E-state index contributed by atoms with van der Waals surface area (Å²) >= 11 is 1.21. The molecule has 3 amide bonds. The first-order valence-corrected chi connectivity index (χ1v) is 14.1. The molecule has 0 spiro atoms. The van der Waals surface area contributed by atoms with Crippen LogP contribution in [0.2, 0.25) is 0 Å². The van der Waals surface area contributed by atoms with Gasteiger partial charge in [0.05, 0.1) is 10.8 Å². The van der Waals surface area contributed by atoms with E-state index in [9.17, 15) is 27.6 Å². The molecule has 4 aromatic carbocycles. The van der Waals surface area contributed by atoms with Gasteiger partial charge in [-0.15, -0.1) is 11.8 Å². The van der Waals surface area contributed by atoms with Crippen LogP contribution in [0.3, 0.4) is 0 Å². The van der Waals surface area contributed by atoms with Gasteiger partial charge in [-0.1, -0.05) is 54.1 Å². The van der Waals surface area contributed by atoms with E-state index in [0.29, 0.717) is 16.1 Å². The molecule has 1 atom stereocenters. The topological polar surface area (TPSA) is 87.3 Å². The van der Waals surface area contributed by atoms with Gasteiger partial charge in [0.15, 0.2) is 0 Å². The lowest BCUT2D eigenvalue weighted by Crippen LogP contribution is -2.30. The van der Waals surface area contributed by atoms with Gasteiger partial charge in [-0.25, -0.2) is 0 Å². The van der Waals surface area contributed by atoms with Crippen molar-refractivity contribution in [2.75, 3.05) is 10.6 Å². The maximum atomic E-state index is 13.2. The Morgan fingerprint density at radius 3 is 2.12 bits per heavy atom. The van der Waals surface area contributed by atoms with E-state index in [-0.39, 0.29) is 11.4 Å². The minimum absolute atomic E-state index is 0.0519. The Labute approximate surface area is 251 Å². The summed E-state index contributed by atoms with van der Waals surface area (Å²) in [5, 5.41) is 7.38. The summed E-state index contributed by atoms with van der Waals surface area (Å²) in [6.07, 6.45) is -2.92. The SMILES string of the molecule is Cc1ccc(/C=C(\NC(=O)c2ccccc2)C(=O)Nc2ccc(SC(C)C(=O)Nc3cccc(C(F)(F)F)c3)cc2)cc1. The van der Waals surface area contributed by atoms with Crippen molar-refractivity contribution >= 4 is 46.9 Å². The number of aryl methyl sites for hydroxylation is 1. The van der Waals surface area contributed by atoms with Gasteiger partial charge in [-0.3, -0.25) is 14.4 Å². The number of halogens is 3. The van der Waals surface area contributed by atoms with Crippen molar-refractivity contribution < 1.29 is 27.6 Å². The number of carbonyl (C=O) groups excluding carboxylic acids is 3. The van der Waals surface area contributed by atoms with E-state index in [1.807, 2.05) is 31.2 Å². The van der Waals surface area contributed by atoms with E-state index in [1.165, 1.54) is 23.9 Å². The molecule has 0 fully saturated rings. The lowest BCUT2D eigenvalue weighted by Gasteiger charge is -2.14. The number of hydrogen-bond donors (Lipinski definition) is 3. The molecule has 0 aliphatic rings. The number of anilines is 2. The van der Waals surface area contributed by atoms with Crippen LogP contribution < -0.4 is 16.0 Å². The van der Waals surface area contributed by atoms with Crippen LogP contribution >= 0.6 is 11.8 Å². The van der Waals surface area contributed by atoms with Gasteiger partial charge in [-0.2, -0.15) is 13.2 Å². The number of amides is 3. The van der Waals surface area contributed by atoms with E-state index in [0.717, 1.165) is 23.3 Å². The number of thioether (sulfide) groups is 1. The summed E-state index contributed by atoms with van der Waals surface area (Å²) in [7, 11) is 0. The van der Waals surface area contributed by atoms with E-state index < -0.39 is 34.7 Å². The number of carbonyl (C=O) groups is 3. The first-order chi connectivity index (χ1) is 20.5. The van der Waals surface area contributed by atoms with E-state index in [1.54, 1.807) is 67.6 Å². The molecule has 0 saturated carbocycles. The third-order valence-corrected chi connectivity index (χ3v) is 7.28. The zero-order valence-electron chi connectivity index (χ0n) is 23.2. The Bertz CT molecular complexity index is 1620. The van der Waals surface area contributed by atoms with Gasteiger partial charge >= 0.3 is 6.18 Å². The molecule has 43 heavy (non-hydrogen) atoms. The van der Waals surface area contributed by atoms with Crippen molar-refractivity contribution in [1.82, 2.24) is 5.32 Å². The normalized spacial score (nSPS) is 12.3. The zero-order chi connectivity index (χ0) is 31.0. The van der Waals surface area contributed by atoms with Crippen molar-refractivity contribution in [3.8, 4) is 0 Å². The van der Waals surface area contributed by atoms with Crippen molar-refractivity contribution in [3.05, 3.63) is 131 Å². The van der Waals surface area contributed by atoms with Gasteiger partial charge in [0.25, 0.3) is 11.8 Å². The maximum Gasteiger partial charge on any atom is 0.416 e. The monoisotopic (exact) mass is 603 g/mol. The molecule has 0 aromatic heterocycles. The minimum Gasteiger partial charge on any atom is -0.325 e. The van der Waals surface area contributed by atoms with Gasteiger partial charge in [0.2, 0.25) is 5.91 Å². The lowest BCUT2D eigenvalue weighted by molar-refractivity contribution is -0.137. The summed E-state index contributed by atoms with van der Waals surface area (Å²) < 4.78 is 38.9. The molecule has 3 N–H and O–H groups in total. The first kappa shape index (κ1) is 31.1. The molecule has 4 aromatic rings. The van der Waals surface area contributed by atoms with Crippen LogP contribution in [0.4, 0.5) is 24.5 Å². The van der Waals surface area contributed by atoms with Crippen LogP contribution in [-0.4, -0.2) is 23.0 Å². The van der Waals surface area contributed by atoms with Crippen molar-refractivity contribution in [1.29, 1.82) is 0 Å². The predicted octanol–water partition coefficient (Wildman–Crippen LogP) is 7.54. The van der Waals surface area contributed by atoms with E-state index in [4.69, 9.17) is 0 Å². The lowest BCUT2D eigenvalue weighted by atomic mass is 10.1. The molecule has 6 nitrogen and oxygen atoms in total. The van der Waals surface area contributed by atoms with Crippen LogP contribution in [0.1, 0.15) is 34.0 Å². The van der Waals surface area contributed by atoms with Gasteiger partial charge in [0, 0.05) is 21.8 Å². The number of benzene rings is 4. The van der Waals surface area contributed by atoms with E-state index >= 15 is 0 Å². The second-order valence-corrected chi connectivity index (χ2v) is 11.0. The summed E-state index contributed by atoms with van der Waals surface area (Å²) in [6.45, 7) is 3.59. The maximum absolute atomic E-state index is 13.2. The number of alkyl halides is 3.